The number of fused-ring (bicyclic) bond motifs is 1. The van der Waals surface area contributed by atoms with Crippen LogP contribution in [0.15, 0.2) is 73.1 Å². The Morgan fingerprint density at radius 1 is 1.00 bits per heavy atom. The van der Waals surface area contributed by atoms with E-state index in [1.807, 2.05) is 31.1 Å². The van der Waals surface area contributed by atoms with Gasteiger partial charge in [0.1, 0.15) is 12.6 Å². The minimum Gasteiger partial charge on any atom is -0.378 e. The van der Waals surface area contributed by atoms with Crippen molar-refractivity contribution in [1.29, 1.82) is 0 Å². The number of hydrogen-bond donors (Lipinski definition) is 1. The summed E-state index contributed by atoms with van der Waals surface area (Å²) in [4.78, 5) is 60.2. The number of rotatable bonds is 8. The lowest BCUT2D eigenvalue weighted by Gasteiger charge is -2.30. The van der Waals surface area contributed by atoms with Crippen molar-refractivity contribution < 1.29 is 19.2 Å². The number of anilines is 3. The van der Waals surface area contributed by atoms with Gasteiger partial charge in [0.05, 0.1) is 11.3 Å². The Morgan fingerprint density at radius 2 is 1.72 bits per heavy atom. The molecule has 1 atom stereocenters. The van der Waals surface area contributed by atoms with Crippen LogP contribution in [0, 0.1) is 0 Å². The first-order valence-corrected chi connectivity index (χ1v) is 11.5. The predicted octanol–water partition coefficient (Wildman–Crippen LogP) is 2.73. The van der Waals surface area contributed by atoms with Gasteiger partial charge in [-0.1, -0.05) is 18.2 Å². The van der Waals surface area contributed by atoms with Gasteiger partial charge in [0.25, 0.3) is 11.7 Å². The van der Waals surface area contributed by atoms with Crippen molar-refractivity contribution in [3.63, 3.8) is 0 Å². The Morgan fingerprint density at radius 3 is 2.39 bits per heavy atom. The minimum absolute atomic E-state index is 0.110. The number of carbonyl (C=O) groups is 4. The van der Waals surface area contributed by atoms with E-state index < -0.39 is 23.6 Å². The molecule has 9 nitrogen and oxygen atoms in total. The fourth-order valence-electron chi connectivity index (χ4n) is 3.99. The van der Waals surface area contributed by atoms with E-state index in [1.54, 1.807) is 67.8 Å². The first-order valence-electron chi connectivity index (χ1n) is 11.5. The van der Waals surface area contributed by atoms with Crippen LogP contribution in [0.5, 0.6) is 0 Å². The van der Waals surface area contributed by atoms with Crippen molar-refractivity contribution in [2.24, 2.45) is 0 Å². The molecule has 1 aromatic heterocycles. The Kier molecular flexibility index (Phi) is 7.10. The highest BCUT2D eigenvalue weighted by molar-refractivity contribution is 6.52. The number of hydrogen-bond acceptors (Lipinski definition) is 6. The third-order valence-corrected chi connectivity index (χ3v) is 6.07. The molecule has 0 saturated heterocycles. The predicted molar refractivity (Wildman–Crippen MR) is 137 cm³/mol. The number of ketones is 1. The number of amides is 3. The van der Waals surface area contributed by atoms with Crippen molar-refractivity contribution in [2.75, 3.05) is 35.8 Å². The molecule has 0 saturated carbocycles. The molecule has 1 N–H and O–H groups in total. The first-order chi connectivity index (χ1) is 17.3. The Bertz CT molecular complexity index is 1290. The van der Waals surface area contributed by atoms with Gasteiger partial charge < -0.3 is 15.1 Å². The normalized spacial score (nSPS) is 13.2. The van der Waals surface area contributed by atoms with Crippen LogP contribution in [0.4, 0.5) is 17.1 Å². The summed E-state index contributed by atoms with van der Waals surface area (Å²) in [5, 5.41) is 2.85. The molecule has 0 unspecified atom stereocenters. The first kappa shape index (κ1) is 24.6. The monoisotopic (exact) mass is 485 g/mol. The van der Waals surface area contributed by atoms with Gasteiger partial charge in [0, 0.05) is 44.4 Å². The van der Waals surface area contributed by atoms with Crippen molar-refractivity contribution in [3.05, 3.63) is 84.2 Å². The van der Waals surface area contributed by atoms with E-state index in [1.165, 1.54) is 9.80 Å². The summed E-state index contributed by atoms with van der Waals surface area (Å²) < 4.78 is 0. The van der Waals surface area contributed by atoms with Gasteiger partial charge in [-0.25, -0.2) is 0 Å². The van der Waals surface area contributed by atoms with Crippen LogP contribution in [-0.2, 0) is 20.9 Å². The molecule has 3 amide bonds. The highest BCUT2D eigenvalue weighted by Gasteiger charge is 2.38. The number of nitrogens with zero attached hydrogens (tertiary/aromatic N) is 4. The van der Waals surface area contributed by atoms with E-state index in [-0.39, 0.29) is 24.6 Å². The summed E-state index contributed by atoms with van der Waals surface area (Å²) in [5.41, 5.74) is 2.96. The molecule has 3 aromatic rings. The highest BCUT2D eigenvalue weighted by Crippen LogP contribution is 2.28. The zero-order chi connectivity index (χ0) is 25.8. The third-order valence-electron chi connectivity index (χ3n) is 6.07. The highest BCUT2D eigenvalue weighted by atomic mass is 16.2. The van der Waals surface area contributed by atoms with Gasteiger partial charge in [-0.3, -0.25) is 29.1 Å². The number of benzene rings is 2. The molecular formula is C27H27N5O4. The second-order valence-electron chi connectivity index (χ2n) is 8.73. The maximum Gasteiger partial charge on any atom is 0.299 e. The molecule has 1 aliphatic heterocycles. The van der Waals surface area contributed by atoms with Crippen LogP contribution in [0.25, 0.3) is 0 Å². The van der Waals surface area contributed by atoms with Gasteiger partial charge >= 0.3 is 0 Å². The van der Waals surface area contributed by atoms with Gasteiger partial charge in [0.2, 0.25) is 11.8 Å². The van der Waals surface area contributed by atoms with Crippen molar-refractivity contribution in [3.8, 4) is 0 Å². The van der Waals surface area contributed by atoms with E-state index in [2.05, 4.69) is 10.3 Å². The molecule has 4 rings (SSSR count). The fourth-order valence-corrected chi connectivity index (χ4v) is 3.99. The van der Waals surface area contributed by atoms with E-state index in [0.29, 0.717) is 11.4 Å². The molecule has 2 aromatic carbocycles. The van der Waals surface area contributed by atoms with Crippen molar-refractivity contribution in [1.82, 2.24) is 9.88 Å². The van der Waals surface area contributed by atoms with Crippen molar-refractivity contribution >= 4 is 40.6 Å². The largest absolute Gasteiger partial charge is 0.378 e. The summed E-state index contributed by atoms with van der Waals surface area (Å²) in [6.45, 7) is 1.37. The smallest absolute Gasteiger partial charge is 0.299 e. The summed E-state index contributed by atoms with van der Waals surface area (Å²) >= 11 is 0. The number of pyridine rings is 1. The zero-order valence-corrected chi connectivity index (χ0v) is 20.3. The fraction of sp³-hybridized carbons (Fsp3) is 0.222. The number of carbonyl (C=O) groups excluding carboxylic acids is 4. The molecule has 0 spiro atoms. The SMILES string of the molecule is C[C@@H](C(=O)Nc1ccc(N(C)C)cc1)N(Cc1cccnc1)C(=O)CN1C(=O)C(=O)c2ccccc21. The lowest BCUT2D eigenvalue weighted by molar-refractivity contribution is -0.138. The summed E-state index contributed by atoms with van der Waals surface area (Å²) in [6.07, 6.45) is 3.24. The van der Waals surface area contributed by atoms with E-state index in [4.69, 9.17) is 0 Å². The summed E-state index contributed by atoms with van der Waals surface area (Å²) in [6, 6.07) is 16.6. The molecule has 0 bridgehead atoms. The molecule has 0 aliphatic carbocycles. The third kappa shape index (κ3) is 5.10. The molecule has 184 valence electrons. The average Bonchev–Trinajstić information content (AvgIpc) is 3.12. The molecule has 0 fully saturated rings. The summed E-state index contributed by atoms with van der Waals surface area (Å²) in [5.74, 6) is -2.26. The molecule has 9 heteroatoms. The second kappa shape index (κ2) is 10.4. The van der Waals surface area contributed by atoms with E-state index >= 15 is 0 Å². The molecular weight excluding hydrogens is 458 g/mol. The minimum atomic E-state index is -0.866. The van der Waals surface area contributed by atoms with E-state index in [0.717, 1.165) is 11.3 Å². The Balaban J connectivity index is 1.55. The van der Waals surface area contributed by atoms with Gasteiger partial charge in [-0.2, -0.15) is 0 Å². The van der Waals surface area contributed by atoms with Gasteiger partial charge in [-0.15, -0.1) is 0 Å². The molecule has 2 heterocycles. The number of aromatic nitrogens is 1. The second-order valence-corrected chi connectivity index (χ2v) is 8.73. The van der Waals surface area contributed by atoms with Gasteiger partial charge in [-0.05, 0) is 55.0 Å². The lowest BCUT2D eigenvalue weighted by Crippen LogP contribution is -2.49. The maximum absolute atomic E-state index is 13.5. The average molecular weight is 486 g/mol. The number of para-hydroxylation sites is 1. The summed E-state index contributed by atoms with van der Waals surface area (Å²) in [7, 11) is 3.85. The van der Waals surface area contributed by atoms with Crippen molar-refractivity contribution in [2.45, 2.75) is 19.5 Å². The zero-order valence-electron chi connectivity index (χ0n) is 20.3. The maximum atomic E-state index is 13.5. The quantitative estimate of drug-likeness (QED) is 0.492. The van der Waals surface area contributed by atoms with Crippen LogP contribution in [0.3, 0.4) is 0 Å². The van der Waals surface area contributed by atoms with E-state index in [9.17, 15) is 19.2 Å². The molecule has 1 aliphatic rings. The van der Waals surface area contributed by atoms with Crippen LogP contribution < -0.4 is 15.1 Å². The van der Waals surface area contributed by atoms with Crippen LogP contribution in [0.2, 0.25) is 0 Å². The van der Waals surface area contributed by atoms with Gasteiger partial charge in [0.15, 0.2) is 0 Å². The lowest BCUT2D eigenvalue weighted by atomic mass is 10.1. The Labute approximate surface area is 209 Å². The molecule has 36 heavy (non-hydrogen) atoms. The molecule has 0 radical (unpaired) electrons. The number of Topliss-reactive ketones (excluding diaryl/α,β-unsaturated/α-hetero) is 1. The van der Waals surface area contributed by atoms with Crippen LogP contribution in [0.1, 0.15) is 22.8 Å². The Hall–Kier alpha value is -4.53. The topological polar surface area (TPSA) is 103 Å². The standard InChI is InChI=1S/C27H27N5O4/c1-18(26(35)29-20-10-12-21(13-11-20)30(2)3)31(16-19-7-6-14-28-15-19)24(33)17-32-23-9-5-4-8-22(23)25(34)27(32)36/h4-15,18H,16-17H2,1-3H3,(H,29,35)/t18-/m0/s1. The van der Waals surface area contributed by atoms with Crippen LogP contribution >= 0.6 is 0 Å². The number of nitrogens with one attached hydrogen (secondary N) is 1. The van der Waals surface area contributed by atoms with Crippen LogP contribution in [-0.4, -0.2) is 60.1 Å².